The summed E-state index contributed by atoms with van der Waals surface area (Å²) in [5.41, 5.74) is 1.77. The van der Waals surface area contributed by atoms with Gasteiger partial charge in [-0.25, -0.2) is 19.2 Å². The van der Waals surface area contributed by atoms with Crippen LogP contribution >= 0.6 is 0 Å². The lowest BCUT2D eigenvalue weighted by atomic mass is 10.00. The number of imidazole rings is 1. The van der Waals surface area contributed by atoms with Crippen molar-refractivity contribution in [2.45, 2.75) is 63.6 Å². The maximum absolute atomic E-state index is 15.0. The van der Waals surface area contributed by atoms with Gasteiger partial charge < -0.3 is 15.4 Å². The number of anilines is 2. The Morgan fingerprint density at radius 1 is 1.30 bits per heavy atom. The van der Waals surface area contributed by atoms with Crippen LogP contribution in [0.2, 0.25) is 0 Å². The average molecular weight is 525 g/mol. The molecule has 1 amide bonds. The van der Waals surface area contributed by atoms with Crippen LogP contribution < -0.4 is 10.6 Å². The summed E-state index contributed by atoms with van der Waals surface area (Å²) in [5.74, 6) is -0.975. The number of aromatic amines is 1. The third kappa shape index (κ3) is 5.48. The van der Waals surface area contributed by atoms with Gasteiger partial charge in [0.25, 0.3) is 0 Å². The van der Waals surface area contributed by atoms with E-state index in [1.165, 1.54) is 0 Å². The standard InChI is InChI=1S/C23H28F4N8O2/c1-12(2)29-22(36)37-17-4-3-15(20(17)24)16-7-18(33-32-16)31-21-28-6-5-19-30-14(11-35(19)21)10-34-8-13(9-34)23(25,26)27/h5-7,11-13,15,17,20H,3-4,8-10H2,1-2H3,(H,29,36)(H2,28,31,32,33)/t15-,17-,20-/m1/s1. The third-order valence-electron chi connectivity index (χ3n) is 6.64. The first-order valence-corrected chi connectivity index (χ1v) is 12.1. The van der Waals surface area contributed by atoms with Gasteiger partial charge in [0.05, 0.1) is 11.6 Å². The maximum atomic E-state index is 15.0. The highest BCUT2D eigenvalue weighted by atomic mass is 19.4. The number of nitrogens with zero attached hydrogens (tertiary/aromatic N) is 5. The molecule has 3 aromatic rings. The van der Waals surface area contributed by atoms with Crippen LogP contribution in [0.5, 0.6) is 0 Å². The Kier molecular flexibility index (Phi) is 6.68. The van der Waals surface area contributed by atoms with E-state index in [-0.39, 0.29) is 19.1 Å². The number of rotatable bonds is 7. The monoisotopic (exact) mass is 524 g/mol. The van der Waals surface area contributed by atoms with Crippen molar-refractivity contribution in [2.24, 2.45) is 5.92 Å². The fourth-order valence-corrected chi connectivity index (χ4v) is 4.76. The smallest absolute Gasteiger partial charge is 0.407 e. The molecular weight excluding hydrogens is 496 g/mol. The zero-order chi connectivity index (χ0) is 26.3. The zero-order valence-corrected chi connectivity index (χ0v) is 20.3. The van der Waals surface area contributed by atoms with Crippen LogP contribution in [-0.2, 0) is 11.3 Å². The predicted octanol–water partition coefficient (Wildman–Crippen LogP) is 3.91. The van der Waals surface area contributed by atoms with Gasteiger partial charge in [-0.3, -0.25) is 14.4 Å². The van der Waals surface area contributed by atoms with Crippen molar-refractivity contribution >= 4 is 23.5 Å². The van der Waals surface area contributed by atoms with Crippen LogP contribution in [0.25, 0.3) is 5.65 Å². The second-order valence-electron chi connectivity index (χ2n) is 9.87. The molecular formula is C23H28F4N8O2. The zero-order valence-electron chi connectivity index (χ0n) is 20.3. The van der Waals surface area contributed by atoms with Gasteiger partial charge in [0.1, 0.15) is 17.9 Å². The molecule has 0 unspecified atom stereocenters. The summed E-state index contributed by atoms with van der Waals surface area (Å²) < 4.78 is 60.3. The van der Waals surface area contributed by atoms with E-state index in [4.69, 9.17) is 4.74 Å². The molecule has 1 saturated heterocycles. The van der Waals surface area contributed by atoms with Crippen LogP contribution in [0.1, 0.15) is 44.0 Å². The van der Waals surface area contributed by atoms with E-state index in [9.17, 15) is 18.0 Å². The fraction of sp³-hybridized carbons (Fsp3) is 0.565. The minimum absolute atomic E-state index is 0.0399. The van der Waals surface area contributed by atoms with E-state index in [2.05, 4.69) is 30.8 Å². The van der Waals surface area contributed by atoms with Gasteiger partial charge in [-0.15, -0.1) is 0 Å². The molecule has 14 heteroatoms. The molecule has 10 nitrogen and oxygen atoms in total. The first-order valence-electron chi connectivity index (χ1n) is 12.1. The number of carbonyl (C=O) groups excluding carboxylic acids is 1. The number of halogens is 4. The Bertz CT molecular complexity index is 1250. The number of alkyl carbamates (subject to hydrolysis) is 1. The minimum atomic E-state index is -4.17. The van der Waals surface area contributed by atoms with Crippen LogP contribution in [0, 0.1) is 5.92 Å². The van der Waals surface area contributed by atoms with Crippen molar-refractivity contribution in [3.05, 3.63) is 35.9 Å². The normalized spacial score (nSPS) is 22.9. The lowest BCUT2D eigenvalue weighted by Gasteiger charge is -2.39. The molecule has 37 heavy (non-hydrogen) atoms. The Hall–Kier alpha value is -3.42. The molecule has 5 rings (SSSR count). The highest BCUT2D eigenvalue weighted by Gasteiger charge is 2.47. The molecule has 1 aliphatic carbocycles. The molecule has 3 N–H and O–H groups in total. The lowest BCUT2D eigenvalue weighted by molar-refractivity contribution is -0.210. The molecule has 3 aromatic heterocycles. The lowest BCUT2D eigenvalue weighted by Crippen LogP contribution is -2.52. The van der Waals surface area contributed by atoms with Crippen LogP contribution in [-0.4, -0.2) is 73.1 Å². The van der Waals surface area contributed by atoms with E-state index in [1.54, 1.807) is 47.7 Å². The van der Waals surface area contributed by atoms with E-state index in [0.717, 1.165) is 0 Å². The highest BCUT2D eigenvalue weighted by molar-refractivity contribution is 5.67. The fourth-order valence-electron chi connectivity index (χ4n) is 4.76. The number of aromatic nitrogens is 5. The topological polar surface area (TPSA) is 112 Å². The van der Waals surface area contributed by atoms with E-state index >= 15 is 4.39 Å². The van der Waals surface area contributed by atoms with Crippen LogP contribution in [0.15, 0.2) is 24.5 Å². The number of carbonyl (C=O) groups is 1. The summed E-state index contributed by atoms with van der Waals surface area (Å²) in [6, 6.07) is 3.27. The van der Waals surface area contributed by atoms with Gasteiger partial charge in [0, 0.05) is 55.7 Å². The van der Waals surface area contributed by atoms with Gasteiger partial charge in [0.2, 0.25) is 5.95 Å². The maximum Gasteiger partial charge on any atom is 0.407 e. The molecule has 4 heterocycles. The Balaban J connectivity index is 1.22. The Labute approximate surface area is 209 Å². The van der Waals surface area contributed by atoms with Gasteiger partial charge >= 0.3 is 12.3 Å². The van der Waals surface area contributed by atoms with Crippen molar-refractivity contribution in [3.8, 4) is 0 Å². The Morgan fingerprint density at radius 3 is 2.81 bits per heavy atom. The number of H-pyrrole nitrogens is 1. The number of ether oxygens (including phenoxy) is 1. The van der Waals surface area contributed by atoms with Crippen LogP contribution in [0.3, 0.4) is 0 Å². The SMILES string of the molecule is CC(C)NC(=O)O[C@@H]1CC[C@H](c2cc(Nc3nccc4nc(CN5CC(C(F)(F)F)C5)cn34)n[nH]2)[C@H]1F. The summed E-state index contributed by atoms with van der Waals surface area (Å²) in [5, 5.41) is 12.8. The van der Waals surface area contributed by atoms with Gasteiger partial charge in [-0.05, 0) is 32.8 Å². The number of fused-ring (bicyclic) bond motifs is 1. The third-order valence-corrected chi connectivity index (χ3v) is 6.64. The summed E-state index contributed by atoms with van der Waals surface area (Å²) in [6.07, 6.45) is -2.84. The summed E-state index contributed by atoms with van der Waals surface area (Å²) >= 11 is 0. The van der Waals surface area contributed by atoms with E-state index in [0.29, 0.717) is 48.2 Å². The molecule has 200 valence electrons. The number of hydrogen-bond donors (Lipinski definition) is 3. The second kappa shape index (κ2) is 9.80. The van der Waals surface area contributed by atoms with Crippen molar-refractivity contribution in [1.29, 1.82) is 0 Å². The number of likely N-dealkylation sites (tertiary alicyclic amines) is 1. The van der Waals surface area contributed by atoms with E-state index < -0.39 is 36.4 Å². The Morgan fingerprint density at radius 2 is 2.08 bits per heavy atom. The predicted molar refractivity (Wildman–Crippen MR) is 125 cm³/mol. The number of alkyl halides is 4. The van der Waals surface area contributed by atoms with Crippen molar-refractivity contribution in [2.75, 3.05) is 18.4 Å². The molecule has 1 saturated carbocycles. The first-order chi connectivity index (χ1) is 17.6. The van der Waals surface area contributed by atoms with Gasteiger partial charge in [-0.2, -0.15) is 18.3 Å². The summed E-state index contributed by atoms with van der Waals surface area (Å²) in [7, 11) is 0. The molecule has 0 radical (unpaired) electrons. The van der Waals surface area contributed by atoms with Gasteiger partial charge in [0.15, 0.2) is 5.82 Å². The molecule has 0 spiro atoms. The summed E-state index contributed by atoms with van der Waals surface area (Å²) in [6.45, 7) is 3.81. The van der Waals surface area contributed by atoms with Crippen LogP contribution in [0.4, 0.5) is 34.1 Å². The first kappa shape index (κ1) is 25.2. The highest BCUT2D eigenvalue weighted by Crippen LogP contribution is 2.39. The average Bonchev–Trinajstić information content (AvgIpc) is 3.48. The van der Waals surface area contributed by atoms with Crippen molar-refractivity contribution < 1.29 is 27.1 Å². The van der Waals surface area contributed by atoms with Gasteiger partial charge in [-0.1, -0.05) is 0 Å². The molecule has 1 aliphatic heterocycles. The molecule has 2 aliphatic rings. The minimum Gasteiger partial charge on any atom is -0.443 e. The summed E-state index contributed by atoms with van der Waals surface area (Å²) in [4.78, 5) is 22.4. The number of hydrogen-bond acceptors (Lipinski definition) is 7. The van der Waals surface area contributed by atoms with Crippen molar-refractivity contribution in [1.82, 2.24) is 34.8 Å². The molecule has 2 fully saturated rings. The quantitative estimate of drug-likeness (QED) is 0.402. The molecule has 0 bridgehead atoms. The molecule has 0 aromatic carbocycles. The number of amides is 1. The largest absolute Gasteiger partial charge is 0.443 e. The molecule has 3 atom stereocenters. The van der Waals surface area contributed by atoms with E-state index in [1.807, 2.05) is 0 Å². The number of nitrogens with one attached hydrogen (secondary N) is 3. The van der Waals surface area contributed by atoms with Crippen molar-refractivity contribution in [3.63, 3.8) is 0 Å². The second-order valence-corrected chi connectivity index (χ2v) is 9.87.